The average molecular weight is 436 g/mol. The molecule has 1 aliphatic heterocycles. The van der Waals surface area contributed by atoms with Gasteiger partial charge in [0.25, 0.3) is 5.91 Å². The van der Waals surface area contributed by atoms with Crippen molar-refractivity contribution in [2.75, 3.05) is 50.1 Å². The van der Waals surface area contributed by atoms with Crippen LogP contribution < -0.4 is 10.2 Å². The number of carbonyl (C=O) groups excluding carboxylic acids is 1. The molecule has 1 aliphatic rings. The molecule has 0 aliphatic carbocycles. The molecule has 2 aromatic heterocycles. The number of amides is 1. The lowest BCUT2D eigenvalue weighted by Gasteiger charge is -2.36. The van der Waals surface area contributed by atoms with Crippen molar-refractivity contribution < 1.29 is 9.53 Å². The van der Waals surface area contributed by atoms with E-state index in [0.29, 0.717) is 24.8 Å². The molecule has 0 unspecified atom stereocenters. The second-order valence-corrected chi connectivity index (χ2v) is 8.65. The molecule has 0 radical (unpaired) electrons. The van der Waals surface area contributed by atoms with Crippen LogP contribution in [0.4, 0.5) is 11.5 Å². The summed E-state index contributed by atoms with van der Waals surface area (Å²) in [6, 6.07) is 12.7. The number of aromatic nitrogens is 2. The summed E-state index contributed by atoms with van der Waals surface area (Å²) >= 11 is 0. The molecule has 32 heavy (non-hydrogen) atoms. The number of carbonyl (C=O) groups is 1. The third kappa shape index (κ3) is 5.05. The first-order valence-electron chi connectivity index (χ1n) is 11.4. The van der Waals surface area contributed by atoms with Gasteiger partial charge in [0.15, 0.2) is 5.82 Å². The summed E-state index contributed by atoms with van der Waals surface area (Å²) in [6.07, 6.45) is 3.79. The number of nitrogens with one attached hydrogen (secondary N) is 2. The van der Waals surface area contributed by atoms with Crippen LogP contribution in [0.3, 0.4) is 0 Å². The lowest BCUT2D eigenvalue weighted by molar-refractivity contribution is 0.0741. The zero-order valence-corrected chi connectivity index (χ0v) is 19.2. The van der Waals surface area contributed by atoms with Crippen LogP contribution in [0.2, 0.25) is 0 Å². The zero-order chi connectivity index (χ0) is 22.5. The number of aromatic amines is 1. The maximum absolute atomic E-state index is 13.2. The van der Waals surface area contributed by atoms with Gasteiger partial charge in [0.05, 0.1) is 5.69 Å². The molecule has 0 atom stereocenters. The number of rotatable bonds is 8. The van der Waals surface area contributed by atoms with Crippen LogP contribution in [0.25, 0.3) is 10.9 Å². The molecule has 0 spiro atoms. The summed E-state index contributed by atoms with van der Waals surface area (Å²) in [4.78, 5) is 25.2. The molecule has 1 amide bonds. The molecule has 3 heterocycles. The van der Waals surface area contributed by atoms with Gasteiger partial charge in [-0.2, -0.15) is 0 Å². The van der Waals surface area contributed by atoms with Crippen molar-refractivity contribution in [3.63, 3.8) is 0 Å². The molecule has 1 saturated heterocycles. The van der Waals surface area contributed by atoms with Gasteiger partial charge in [-0.1, -0.05) is 6.07 Å². The van der Waals surface area contributed by atoms with Crippen LogP contribution >= 0.6 is 0 Å². The standard InChI is InChI=1S/C25H33N5O2/c1-18(2)27-22-7-4-10-26-24(22)29-11-13-30(14-12-29)25(31)23-17-20-16-19(6-5-15-32-3)8-9-21(20)28-23/h4,7-10,16-18,27-28H,5-6,11-15H2,1-3H3. The van der Waals surface area contributed by atoms with Gasteiger partial charge >= 0.3 is 0 Å². The van der Waals surface area contributed by atoms with E-state index in [-0.39, 0.29) is 5.91 Å². The summed E-state index contributed by atoms with van der Waals surface area (Å²) in [5.41, 5.74) is 3.96. The Morgan fingerprint density at radius 3 is 2.75 bits per heavy atom. The molecule has 3 aromatic rings. The van der Waals surface area contributed by atoms with Crippen molar-refractivity contribution in [1.82, 2.24) is 14.9 Å². The summed E-state index contributed by atoms with van der Waals surface area (Å²) in [5.74, 6) is 1.02. The average Bonchev–Trinajstić information content (AvgIpc) is 3.22. The van der Waals surface area contributed by atoms with Crippen molar-refractivity contribution in [3.8, 4) is 0 Å². The monoisotopic (exact) mass is 435 g/mol. The highest BCUT2D eigenvalue weighted by Crippen LogP contribution is 2.25. The number of aryl methyl sites for hydroxylation is 1. The van der Waals surface area contributed by atoms with Crippen LogP contribution in [-0.4, -0.2) is 66.7 Å². The number of piperazine rings is 1. The fraction of sp³-hybridized carbons (Fsp3) is 0.440. The fourth-order valence-corrected chi connectivity index (χ4v) is 4.24. The highest BCUT2D eigenvalue weighted by atomic mass is 16.5. The van der Waals surface area contributed by atoms with Gasteiger partial charge in [-0.3, -0.25) is 4.79 Å². The fourth-order valence-electron chi connectivity index (χ4n) is 4.24. The van der Waals surface area contributed by atoms with Crippen molar-refractivity contribution in [3.05, 3.63) is 53.9 Å². The van der Waals surface area contributed by atoms with E-state index >= 15 is 0 Å². The van der Waals surface area contributed by atoms with Crippen LogP contribution in [0, 0.1) is 0 Å². The molecule has 7 heteroatoms. The Kier molecular flexibility index (Phi) is 6.95. The predicted octanol–water partition coefficient (Wildman–Crippen LogP) is 3.92. The highest BCUT2D eigenvalue weighted by molar-refractivity contribution is 5.98. The topological polar surface area (TPSA) is 73.5 Å². The van der Waals surface area contributed by atoms with Crippen LogP contribution in [-0.2, 0) is 11.2 Å². The summed E-state index contributed by atoms with van der Waals surface area (Å²) in [5, 5.41) is 4.55. The first-order chi connectivity index (χ1) is 15.5. The van der Waals surface area contributed by atoms with E-state index in [2.05, 4.69) is 58.3 Å². The second-order valence-electron chi connectivity index (χ2n) is 8.65. The Hall–Kier alpha value is -3.06. The largest absolute Gasteiger partial charge is 0.385 e. The van der Waals surface area contributed by atoms with Gasteiger partial charge in [-0.25, -0.2) is 4.98 Å². The van der Waals surface area contributed by atoms with Crippen LogP contribution in [0.1, 0.15) is 36.3 Å². The van der Waals surface area contributed by atoms with Gasteiger partial charge < -0.3 is 24.8 Å². The summed E-state index contributed by atoms with van der Waals surface area (Å²) in [7, 11) is 1.73. The number of hydrogen-bond donors (Lipinski definition) is 2. The Morgan fingerprint density at radius 1 is 1.19 bits per heavy atom. The number of fused-ring (bicyclic) bond motifs is 1. The van der Waals surface area contributed by atoms with E-state index in [9.17, 15) is 4.79 Å². The molecule has 2 N–H and O–H groups in total. The first-order valence-corrected chi connectivity index (χ1v) is 11.4. The van der Waals surface area contributed by atoms with Crippen molar-refractivity contribution in [2.45, 2.75) is 32.7 Å². The molecule has 170 valence electrons. The molecule has 0 bridgehead atoms. The second kappa shape index (κ2) is 10.0. The quantitative estimate of drug-likeness (QED) is 0.525. The van der Waals surface area contributed by atoms with E-state index in [1.165, 1.54) is 5.56 Å². The van der Waals surface area contributed by atoms with E-state index in [4.69, 9.17) is 4.74 Å². The Morgan fingerprint density at radius 2 is 2.00 bits per heavy atom. The van der Waals surface area contributed by atoms with Gasteiger partial charge in [-0.15, -0.1) is 0 Å². The normalized spacial score (nSPS) is 14.4. The Bertz CT molecular complexity index is 1050. The van der Waals surface area contributed by atoms with Crippen molar-refractivity contribution >= 4 is 28.3 Å². The molecule has 1 fully saturated rings. The van der Waals surface area contributed by atoms with Gasteiger partial charge in [-0.05, 0) is 62.6 Å². The predicted molar refractivity (Wildman–Crippen MR) is 130 cm³/mol. The number of hydrogen-bond acceptors (Lipinski definition) is 5. The Labute approximate surface area is 189 Å². The molecular formula is C25H33N5O2. The minimum absolute atomic E-state index is 0.0586. The molecule has 0 saturated carbocycles. The number of anilines is 2. The van der Waals surface area contributed by atoms with Crippen LogP contribution in [0.5, 0.6) is 0 Å². The molecule has 1 aromatic carbocycles. The van der Waals surface area contributed by atoms with Gasteiger partial charge in [0.1, 0.15) is 5.69 Å². The first kappa shape index (κ1) is 22.1. The lowest BCUT2D eigenvalue weighted by Crippen LogP contribution is -2.49. The maximum atomic E-state index is 13.2. The third-order valence-corrected chi connectivity index (χ3v) is 5.83. The minimum atomic E-state index is 0.0586. The van der Waals surface area contributed by atoms with E-state index in [0.717, 1.165) is 54.9 Å². The SMILES string of the molecule is COCCCc1ccc2[nH]c(C(=O)N3CCN(c4ncccc4NC(C)C)CC3)cc2c1. The highest BCUT2D eigenvalue weighted by Gasteiger charge is 2.25. The van der Waals surface area contributed by atoms with E-state index < -0.39 is 0 Å². The third-order valence-electron chi connectivity index (χ3n) is 5.83. The van der Waals surface area contributed by atoms with E-state index in [1.807, 2.05) is 23.2 Å². The van der Waals surface area contributed by atoms with Crippen LogP contribution in [0.15, 0.2) is 42.6 Å². The maximum Gasteiger partial charge on any atom is 0.270 e. The number of nitrogens with zero attached hydrogens (tertiary/aromatic N) is 3. The minimum Gasteiger partial charge on any atom is -0.385 e. The van der Waals surface area contributed by atoms with Gasteiger partial charge in [0.2, 0.25) is 0 Å². The molecule has 4 rings (SSSR count). The smallest absolute Gasteiger partial charge is 0.270 e. The van der Waals surface area contributed by atoms with Crippen molar-refractivity contribution in [2.24, 2.45) is 0 Å². The van der Waals surface area contributed by atoms with E-state index in [1.54, 1.807) is 7.11 Å². The number of benzene rings is 1. The summed E-state index contributed by atoms with van der Waals surface area (Å²) < 4.78 is 5.15. The number of ether oxygens (including phenoxy) is 1. The lowest BCUT2D eigenvalue weighted by atomic mass is 10.1. The zero-order valence-electron chi connectivity index (χ0n) is 19.2. The van der Waals surface area contributed by atoms with Crippen molar-refractivity contribution in [1.29, 1.82) is 0 Å². The molecular weight excluding hydrogens is 402 g/mol. The van der Waals surface area contributed by atoms with Gasteiger partial charge in [0, 0.05) is 63.0 Å². The number of pyridine rings is 1. The summed E-state index contributed by atoms with van der Waals surface area (Å²) in [6.45, 7) is 7.88. The molecule has 7 nitrogen and oxygen atoms in total. The Balaban J connectivity index is 1.41. The number of H-pyrrole nitrogens is 1. The number of methoxy groups -OCH3 is 1.